The summed E-state index contributed by atoms with van der Waals surface area (Å²) in [6, 6.07) is 0. The molecular weight excluding hydrogens is 288 g/mol. The Labute approximate surface area is 132 Å². The van der Waals surface area contributed by atoms with Crippen LogP contribution in [0.3, 0.4) is 0 Å². The Morgan fingerprint density at radius 2 is 1.73 bits per heavy atom. The Morgan fingerprint density at radius 3 is 2.05 bits per heavy atom. The largest absolute Gasteiger partial charge is 0.394 e. The van der Waals surface area contributed by atoms with Crippen LogP contribution in [0.15, 0.2) is 0 Å². The van der Waals surface area contributed by atoms with Crippen molar-refractivity contribution in [3.63, 3.8) is 0 Å². The van der Waals surface area contributed by atoms with Gasteiger partial charge in [-0.2, -0.15) is 0 Å². The minimum absolute atomic E-state index is 0.115. The van der Waals surface area contributed by atoms with E-state index in [1.807, 2.05) is 0 Å². The van der Waals surface area contributed by atoms with Crippen molar-refractivity contribution < 1.29 is 25.2 Å². The minimum atomic E-state index is -0.560. The van der Waals surface area contributed by atoms with Crippen LogP contribution >= 0.6 is 0 Å². The van der Waals surface area contributed by atoms with Gasteiger partial charge in [0, 0.05) is 13.0 Å². The summed E-state index contributed by atoms with van der Waals surface area (Å²) in [5.74, 6) is 0.353. The lowest BCUT2D eigenvalue weighted by atomic mass is 10.1. The number of carbonyl (C=O) groups is 1. The van der Waals surface area contributed by atoms with Crippen molar-refractivity contribution in [2.75, 3.05) is 45.9 Å². The van der Waals surface area contributed by atoms with Gasteiger partial charge < -0.3 is 30.6 Å². The highest BCUT2D eigenvalue weighted by Gasteiger charge is 2.14. The highest BCUT2D eigenvalue weighted by atomic mass is 16.3. The fourth-order valence-electron chi connectivity index (χ4n) is 2.05. The molecule has 0 bridgehead atoms. The number of ketones is 1. The predicted octanol–water partition coefficient (Wildman–Crippen LogP) is -1.27. The van der Waals surface area contributed by atoms with Gasteiger partial charge in [0.2, 0.25) is 0 Å². The SMILES string of the molecule is CC(O)CO.O=C1CCCNC1.OCC(O)CN1CCCC1. The predicted molar refractivity (Wildman–Crippen MR) is 84.6 cm³/mol. The van der Waals surface area contributed by atoms with Gasteiger partial charge in [0.25, 0.3) is 0 Å². The van der Waals surface area contributed by atoms with E-state index in [0.717, 1.165) is 32.5 Å². The van der Waals surface area contributed by atoms with E-state index < -0.39 is 12.2 Å². The lowest BCUT2D eigenvalue weighted by molar-refractivity contribution is -0.119. The van der Waals surface area contributed by atoms with Crippen LogP contribution in [0.2, 0.25) is 0 Å². The average molecular weight is 320 g/mol. The maximum atomic E-state index is 10.4. The first-order valence-electron chi connectivity index (χ1n) is 8.02. The molecule has 0 aliphatic carbocycles. The van der Waals surface area contributed by atoms with E-state index in [4.69, 9.17) is 20.4 Å². The van der Waals surface area contributed by atoms with Gasteiger partial charge in [-0.15, -0.1) is 0 Å². The van der Waals surface area contributed by atoms with Crippen LogP contribution in [-0.2, 0) is 4.79 Å². The van der Waals surface area contributed by atoms with Crippen LogP contribution in [0.1, 0.15) is 32.6 Å². The van der Waals surface area contributed by atoms with E-state index in [0.29, 0.717) is 18.9 Å². The second kappa shape index (κ2) is 14.0. The summed E-state index contributed by atoms with van der Waals surface area (Å²) in [5, 5.41) is 36.5. The van der Waals surface area contributed by atoms with Gasteiger partial charge in [-0.25, -0.2) is 0 Å². The summed E-state index contributed by atoms with van der Waals surface area (Å²) >= 11 is 0. The molecule has 0 saturated carbocycles. The molecule has 2 saturated heterocycles. The van der Waals surface area contributed by atoms with E-state index in [-0.39, 0.29) is 13.2 Å². The summed E-state index contributed by atoms with van der Waals surface area (Å²) in [4.78, 5) is 12.6. The van der Waals surface area contributed by atoms with Gasteiger partial charge in [0.1, 0.15) is 5.78 Å². The van der Waals surface area contributed by atoms with E-state index in [2.05, 4.69) is 10.2 Å². The molecule has 0 aromatic rings. The number of piperidine rings is 1. The van der Waals surface area contributed by atoms with Crippen molar-refractivity contribution in [2.24, 2.45) is 0 Å². The maximum Gasteiger partial charge on any atom is 0.146 e. The molecule has 0 radical (unpaired) electrons. The second-order valence-corrected chi connectivity index (χ2v) is 5.69. The lowest BCUT2D eigenvalue weighted by Gasteiger charge is -2.17. The summed E-state index contributed by atoms with van der Waals surface area (Å²) in [6.07, 6.45) is 3.18. The molecule has 2 heterocycles. The van der Waals surface area contributed by atoms with Crippen molar-refractivity contribution in [1.82, 2.24) is 10.2 Å². The van der Waals surface area contributed by atoms with Crippen LogP contribution in [0.4, 0.5) is 0 Å². The number of hydrogen-bond donors (Lipinski definition) is 5. The van der Waals surface area contributed by atoms with E-state index in [9.17, 15) is 4.79 Å². The lowest BCUT2D eigenvalue weighted by Crippen LogP contribution is -2.31. The Bertz CT molecular complexity index is 263. The van der Waals surface area contributed by atoms with Gasteiger partial charge in [-0.05, 0) is 45.8 Å². The van der Waals surface area contributed by atoms with Gasteiger partial charge in [-0.1, -0.05) is 0 Å². The molecule has 5 N–H and O–H groups in total. The van der Waals surface area contributed by atoms with Gasteiger partial charge in [0.05, 0.1) is 32.0 Å². The second-order valence-electron chi connectivity index (χ2n) is 5.69. The van der Waals surface area contributed by atoms with Crippen LogP contribution in [0.25, 0.3) is 0 Å². The molecule has 22 heavy (non-hydrogen) atoms. The molecule has 0 aromatic carbocycles. The number of Topliss-reactive ketones (excluding diaryl/α,β-unsaturated/α-hetero) is 1. The quantitative estimate of drug-likeness (QED) is 0.439. The Hall–Kier alpha value is -0.570. The van der Waals surface area contributed by atoms with Crippen molar-refractivity contribution in [3.8, 4) is 0 Å². The molecule has 132 valence electrons. The number of nitrogens with one attached hydrogen (secondary N) is 1. The standard InChI is InChI=1S/C7H15NO2.C5H9NO.C3H8O2/c9-6-7(10)5-8-3-1-2-4-8;7-5-2-1-3-6-4-5;1-3(5)2-4/h7,9-10H,1-6H2;6H,1-4H2;3-5H,2H2,1H3. The first-order valence-corrected chi connectivity index (χ1v) is 8.02. The molecule has 2 atom stereocenters. The first-order chi connectivity index (χ1) is 10.5. The summed E-state index contributed by atoms with van der Waals surface area (Å²) in [7, 11) is 0. The molecule has 7 nitrogen and oxygen atoms in total. The highest BCUT2D eigenvalue weighted by molar-refractivity contribution is 5.80. The van der Waals surface area contributed by atoms with Crippen LogP contribution in [-0.4, -0.2) is 89.3 Å². The topological polar surface area (TPSA) is 113 Å². The van der Waals surface area contributed by atoms with Gasteiger partial charge >= 0.3 is 0 Å². The Kier molecular flexibility index (Phi) is 13.7. The Balaban J connectivity index is 0.000000322. The third-order valence-electron chi connectivity index (χ3n) is 3.27. The maximum absolute atomic E-state index is 10.4. The molecule has 2 unspecified atom stereocenters. The monoisotopic (exact) mass is 320 g/mol. The molecule has 0 spiro atoms. The Morgan fingerprint density at radius 1 is 1.14 bits per heavy atom. The number of aliphatic hydroxyl groups excluding tert-OH is 4. The first kappa shape index (κ1) is 21.4. The molecule has 7 heteroatoms. The molecule has 0 aromatic heterocycles. The smallest absolute Gasteiger partial charge is 0.146 e. The fraction of sp³-hybridized carbons (Fsp3) is 0.933. The zero-order chi connectivity index (χ0) is 16.8. The summed E-state index contributed by atoms with van der Waals surface area (Å²) in [6.45, 7) is 5.69. The summed E-state index contributed by atoms with van der Waals surface area (Å²) in [5.41, 5.74) is 0. The van der Waals surface area contributed by atoms with Crippen molar-refractivity contribution >= 4 is 5.78 Å². The zero-order valence-electron chi connectivity index (χ0n) is 13.6. The van der Waals surface area contributed by atoms with E-state index in [1.54, 1.807) is 0 Å². The van der Waals surface area contributed by atoms with Crippen molar-refractivity contribution in [2.45, 2.75) is 44.8 Å². The van der Waals surface area contributed by atoms with Crippen LogP contribution in [0, 0.1) is 0 Å². The number of likely N-dealkylation sites (tertiary alicyclic amines) is 1. The normalized spacial score (nSPS) is 21.2. The van der Waals surface area contributed by atoms with Crippen molar-refractivity contribution in [1.29, 1.82) is 0 Å². The van der Waals surface area contributed by atoms with E-state index in [1.165, 1.54) is 19.8 Å². The third-order valence-corrected chi connectivity index (χ3v) is 3.27. The van der Waals surface area contributed by atoms with Gasteiger partial charge in [0.15, 0.2) is 0 Å². The van der Waals surface area contributed by atoms with Gasteiger partial charge in [-0.3, -0.25) is 4.79 Å². The third kappa shape index (κ3) is 13.1. The number of rotatable bonds is 4. The molecule has 2 aliphatic heterocycles. The molecule has 2 fully saturated rings. The zero-order valence-corrected chi connectivity index (χ0v) is 13.6. The molecule has 2 aliphatic rings. The number of carbonyl (C=O) groups excluding carboxylic acids is 1. The highest BCUT2D eigenvalue weighted by Crippen LogP contribution is 2.07. The number of nitrogens with zero attached hydrogens (tertiary/aromatic N) is 1. The number of aliphatic hydroxyl groups is 4. The van der Waals surface area contributed by atoms with E-state index >= 15 is 0 Å². The number of β-amino-alcohol motifs (C(OH)–C–C–N with tert-alkyl or cyclic N) is 1. The molecular formula is C15H32N2O5. The van der Waals surface area contributed by atoms with Crippen LogP contribution in [0.5, 0.6) is 0 Å². The van der Waals surface area contributed by atoms with Crippen molar-refractivity contribution in [3.05, 3.63) is 0 Å². The molecule has 2 rings (SSSR count). The fourth-order valence-corrected chi connectivity index (χ4v) is 2.05. The van der Waals surface area contributed by atoms with Crippen LogP contribution < -0.4 is 5.32 Å². The minimum Gasteiger partial charge on any atom is -0.394 e. The summed E-state index contributed by atoms with van der Waals surface area (Å²) < 4.78 is 0. The molecule has 0 amide bonds. The number of hydrogen-bond acceptors (Lipinski definition) is 7. The average Bonchev–Trinajstić information content (AvgIpc) is 3.02.